The summed E-state index contributed by atoms with van der Waals surface area (Å²) in [5.41, 5.74) is 5.71. The summed E-state index contributed by atoms with van der Waals surface area (Å²) in [5, 5.41) is 13.2. The van der Waals surface area contributed by atoms with E-state index in [0.717, 1.165) is 52.8 Å². The molecular formula is C35H47N2O2+. The minimum atomic E-state index is -0.547. The van der Waals surface area contributed by atoms with Gasteiger partial charge in [0.05, 0.1) is 25.7 Å². The summed E-state index contributed by atoms with van der Waals surface area (Å²) < 4.78 is 6.96. The molecule has 4 heterocycles. The topological polar surface area (TPSA) is 42.4 Å². The molecule has 208 valence electrons. The van der Waals surface area contributed by atoms with Crippen molar-refractivity contribution in [2.45, 2.75) is 83.9 Å². The number of rotatable bonds is 6. The van der Waals surface area contributed by atoms with Gasteiger partial charge in [-0.15, -0.1) is 6.58 Å². The van der Waals surface area contributed by atoms with Crippen LogP contribution in [0.15, 0.2) is 61.3 Å². The van der Waals surface area contributed by atoms with Gasteiger partial charge in [-0.3, -0.25) is 4.98 Å². The van der Waals surface area contributed by atoms with Crippen LogP contribution in [0, 0.1) is 11.8 Å². The molecule has 2 bridgehead atoms. The molecule has 0 aliphatic carbocycles. The molecule has 6 rings (SSSR count). The lowest BCUT2D eigenvalue weighted by atomic mass is 9.70. The maximum Gasteiger partial charge on any atom is 0.131 e. The second kappa shape index (κ2) is 10.1. The second-order valence-corrected chi connectivity index (χ2v) is 14.1. The molecule has 1 N–H and O–H groups in total. The standard InChI is InChI=1S/C35H47N2O2/c1-9-24-22-37(21-23-18-28(34(2,3)4)33(39-8)29(19-23)35(5,6)7)17-15-25(24)20-31(37)32(38)27-14-16-36-30-13-11-10-12-26(27)30/h9-14,16,18-19,24-25,31-32,38H,1,15,17,20-22H2,2-8H3/q+1/t24-,25?,31+,32-,37?/m0/s1. The quantitative estimate of drug-likeness (QED) is 0.267. The number of fused-ring (bicyclic) bond motifs is 4. The second-order valence-electron chi connectivity index (χ2n) is 14.1. The summed E-state index contributed by atoms with van der Waals surface area (Å²) >= 11 is 0. The summed E-state index contributed by atoms with van der Waals surface area (Å²) in [4.78, 5) is 4.57. The molecule has 5 atom stereocenters. The van der Waals surface area contributed by atoms with E-state index in [2.05, 4.69) is 77.4 Å². The van der Waals surface area contributed by atoms with Gasteiger partial charge in [-0.2, -0.15) is 0 Å². The Kier molecular flexibility index (Phi) is 7.18. The Morgan fingerprint density at radius 2 is 1.74 bits per heavy atom. The number of pyridine rings is 1. The zero-order chi connectivity index (χ0) is 28.2. The summed E-state index contributed by atoms with van der Waals surface area (Å²) in [6, 6.07) is 15.1. The van der Waals surface area contributed by atoms with Crippen molar-refractivity contribution in [3.8, 4) is 5.75 Å². The van der Waals surface area contributed by atoms with Crippen LogP contribution in [0.4, 0.5) is 0 Å². The van der Waals surface area contributed by atoms with E-state index in [1.54, 1.807) is 7.11 Å². The molecule has 4 nitrogen and oxygen atoms in total. The van der Waals surface area contributed by atoms with Gasteiger partial charge in [-0.05, 0) is 46.6 Å². The number of benzene rings is 2. The molecule has 3 fully saturated rings. The highest BCUT2D eigenvalue weighted by Gasteiger charge is 2.54. The average Bonchev–Trinajstić information content (AvgIpc) is 2.90. The van der Waals surface area contributed by atoms with Crippen molar-refractivity contribution in [2.75, 3.05) is 20.2 Å². The van der Waals surface area contributed by atoms with E-state index < -0.39 is 6.10 Å². The summed E-state index contributed by atoms with van der Waals surface area (Å²) in [6.45, 7) is 20.9. The summed E-state index contributed by atoms with van der Waals surface area (Å²) in [6.07, 6.45) is 5.68. The van der Waals surface area contributed by atoms with E-state index in [-0.39, 0.29) is 16.9 Å². The number of para-hydroxylation sites is 1. The van der Waals surface area contributed by atoms with Gasteiger partial charge in [0.1, 0.15) is 24.4 Å². The predicted molar refractivity (Wildman–Crippen MR) is 161 cm³/mol. The fraction of sp³-hybridized carbons (Fsp3) is 0.514. The third-order valence-electron chi connectivity index (χ3n) is 9.51. The van der Waals surface area contributed by atoms with E-state index >= 15 is 0 Å². The van der Waals surface area contributed by atoms with Gasteiger partial charge in [0.2, 0.25) is 0 Å². The Hall–Kier alpha value is -2.69. The maximum atomic E-state index is 12.1. The van der Waals surface area contributed by atoms with Crippen LogP contribution in [0.5, 0.6) is 5.75 Å². The largest absolute Gasteiger partial charge is 0.496 e. The van der Waals surface area contributed by atoms with Gasteiger partial charge in [-0.25, -0.2) is 0 Å². The van der Waals surface area contributed by atoms with E-state index in [0.29, 0.717) is 11.8 Å². The minimum Gasteiger partial charge on any atom is -0.496 e. The lowest BCUT2D eigenvalue weighted by Crippen LogP contribution is -2.67. The van der Waals surface area contributed by atoms with Crippen molar-refractivity contribution in [1.29, 1.82) is 0 Å². The van der Waals surface area contributed by atoms with Gasteiger partial charge < -0.3 is 14.3 Å². The first-order valence-electron chi connectivity index (χ1n) is 14.6. The van der Waals surface area contributed by atoms with E-state index in [4.69, 9.17) is 4.74 Å². The van der Waals surface area contributed by atoms with E-state index in [1.165, 1.54) is 23.1 Å². The fourth-order valence-electron chi connectivity index (χ4n) is 7.44. The average molecular weight is 528 g/mol. The van der Waals surface area contributed by atoms with Crippen LogP contribution in [0.1, 0.15) is 82.7 Å². The normalized spacial score (nSPS) is 26.0. The van der Waals surface area contributed by atoms with Crippen molar-refractivity contribution in [2.24, 2.45) is 11.8 Å². The fourth-order valence-corrected chi connectivity index (χ4v) is 7.44. The van der Waals surface area contributed by atoms with Gasteiger partial charge in [0.25, 0.3) is 0 Å². The first kappa shape index (κ1) is 27.9. The molecule has 3 aliphatic rings. The van der Waals surface area contributed by atoms with E-state index in [1.807, 2.05) is 30.5 Å². The Morgan fingerprint density at radius 3 is 2.36 bits per heavy atom. The smallest absolute Gasteiger partial charge is 0.131 e. The van der Waals surface area contributed by atoms with Crippen LogP contribution >= 0.6 is 0 Å². The lowest BCUT2D eigenvalue weighted by molar-refractivity contribution is -0.984. The number of aliphatic hydroxyl groups is 1. The molecule has 0 spiro atoms. The number of hydrogen-bond donors (Lipinski definition) is 1. The Bertz CT molecular complexity index is 1320. The Labute approximate surface area is 235 Å². The number of nitrogens with zero attached hydrogens (tertiary/aromatic N) is 2. The minimum absolute atomic E-state index is 0.0469. The van der Waals surface area contributed by atoms with Crippen molar-refractivity contribution in [3.63, 3.8) is 0 Å². The molecule has 2 unspecified atom stereocenters. The van der Waals surface area contributed by atoms with Crippen molar-refractivity contribution < 1.29 is 14.3 Å². The molecule has 3 saturated heterocycles. The molecular weight excluding hydrogens is 480 g/mol. The molecule has 0 saturated carbocycles. The number of aromatic nitrogens is 1. The molecule has 4 heteroatoms. The van der Waals surface area contributed by atoms with Crippen LogP contribution in [0.25, 0.3) is 10.9 Å². The number of piperidine rings is 3. The maximum absolute atomic E-state index is 12.1. The first-order chi connectivity index (χ1) is 18.4. The SMILES string of the molecule is C=C[C@H]1C[N+]2(Cc3cc(C(C)(C)C)c(OC)c(C(C)(C)C)c3)CCC1C[C@@H]2[C@@H](O)c1ccnc2ccccc12. The number of hydrogen-bond acceptors (Lipinski definition) is 3. The molecule has 3 aliphatic heterocycles. The van der Waals surface area contributed by atoms with Gasteiger partial charge in [-0.1, -0.05) is 65.8 Å². The number of ether oxygens (including phenoxy) is 1. The zero-order valence-corrected chi connectivity index (χ0v) is 25.0. The highest BCUT2D eigenvalue weighted by Crippen LogP contribution is 2.49. The van der Waals surface area contributed by atoms with Crippen LogP contribution in [0.3, 0.4) is 0 Å². The first-order valence-corrected chi connectivity index (χ1v) is 14.6. The number of quaternary nitrogens is 1. The predicted octanol–water partition coefficient (Wildman–Crippen LogP) is 7.48. The van der Waals surface area contributed by atoms with Crippen molar-refractivity contribution in [3.05, 3.63) is 83.6 Å². The van der Waals surface area contributed by atoms with Gasteiger partial charge in [0, 0.05) is 47.0 Å². The summed E-state index contributed by atoms with van der Waals surface area (Å²) in [7, 11) is 1.80. The highest BCUT2D eigenvalue weighted by molar-refractivity contribution is 5.82. The van der Waals surface area contributed by atoms with Crippen LogP contribution in [-0.2, 0) is 17.4 Å². The third kappa shape index (κ3) is 5.02. The Morgan fingerprint density at radius 1 is 1.08 bits per heavy atom. The Balaban J connectivity index is 1.62. The van der Waals surface area contributed by atoms with Crippen LogP contribution in [-0.4, -0.2) is 40.8 Å². The van der Waals surface area contributed by atoms with E-state index in [9.17, 15) is 5.11 Å². The van der Waals surface area contributed by atoms with Crippen LogP contribution < -0.4 is 4.74 Å². The molecule has 3 aromatic rings. The zero-order valence-electron chi connectivity index (χ0n) is 25.0. The van der Waals surface area contributed by atoms with Crippen molar-refractivity contribution in [1.82, 2.24) is 4.98 Å². The highest BCUT2D eigenvalue weighted by atomic mass is 16.5. The third-order valence-corrected chi connectivity index (χ3v) is 9.51. The number of aliphatic hydroxyl groups excluding tert-OH is 1. The van der Waals surface area contributed by atoms with Crippen LogP contribution in [0.2, 0.25) is 0 Å². The molecule has 2 aromatic carbocycles. The molecule has 0 amide bonds. The summed E-state index contributed by atoms with van der Waals surface area (Å²) in [5.74, 6) is 2.08. The lowest BCUT2D eigenvalue weighted by Gasteiger charge is -2.58. The molecule has 0 radical (unpaired) electrons. The molecule has 39 heavy (non-hydrogen) atoms. The van der Waals surface area contributed by atoms with Gasteiger partial charge >= 0.3 is 0 Å². The number of methoxy groups -OCH3 is 1. The monoisotopic (exact) mass is 527 g/mol. The van der Waals surface area contributed by atoms with Crippen molar-refractivity contribution >= 4 is 10.9 Å². The molecule has 1 aromatic heterocycles. The van der Waals surface area contributed by atoms with Gasteiger partial charge in [0.15, 0.2) is 0 Å².